The maximum atomic E-state index is 13.0. The zero-order chi connectivity index (χ0) is 19.8. The normalized spacial score (nSPS) is 17.2. The van der Waals surface area contributed by atoms with Gasteiger partial charge in [0.05, 0.1) is 12.2 Å². The third-order valence-corrected chi connectivity index (χ3v) is 5.03. The van der Waals surface area contributed by atoms with E-state index in [4.69, 9.17) is 9.41 Å². The Balaban J connectivity index is 0.00000300. The molecule has 1 saturated heterocycles. The van der Waals surface area contributed by atoms with E-state index in [1.807, 2.05) is 0 Å². The van der Waals surface area contributed by atoms with Crippen LogP contribution in [0.5, 0.6) is 0 Å². The van der Waals surface area contributed by atoms with Crippen molar-refractivity contribution in [1.29, 1.82) is 0 Å². The molecule has 1 unspecified atom stereocenters. The first-order valence-electron chi connectivity index (χ1n) is 10.2. The maximum absolute atomic E-state index is 13.0. The van der Waals surface area contributed by atoms with Gasteiger partial charge >= 0.3 is 0 Å². The summed E-state index contributed by atoms with van der Waals surface area (Å²) in [5.41, 5.74) is 1.63. The highest BCUT2D eigenvalue weighted by Gasteiger charge is 2.22. The molecule has 1 aliphatic heterocycles. The van der Waals surface area contributed by atoms with Crippen molar-refractivity contribution in [2.24, 2.45) is 4.99 Å². The minimum Gasteiger partial charge on any atom is -0.444 e. The van der Waals surface area contributed by atoms with E-state index in [-0.39, 0.29) is 29.8 Å². The molecule has 0 aliphatic carbocycles. The predicted molar refractivity (Wildman–Crippen MR) is 125 cm³/mol. The lowest BCUT2D eigenvalue weighted by molar-refractivity contribution is 0.273. The molecule has 0 amide bonds. The molecule has 0 bridgehead atoms. The van der Waals surface area contributed by atoms with Crippen molar-refractivity contribution in [3.8, 4) is 11.5 Å². The van der Waals surface area contributed by atoms with Crippen molar-refractivity contribution in [3.63, 3.8) is 0 Å². The van der Waals surface area contributed by atoms with Gasteiger partial charge in [0.2, 0.25) is 5.89 Å². The molecule has 2 heterocycles. The molecular formula is C21H31FIN5O. The first kappa shape index (κ1) is 23.6. The lowest BCUT2D eigenvalue weighted by atomic mass is 10.2. The molecule has 0 spiro atoms. The van der Waals surface area contributed by atoms with Gasteiger partial charge in [-0.25, -0.2) is 9.37 Å². The number of halogens is 2. The predicted octanol–water partition coefficient (Wildman–Crippen LogP) is 3.68. The molecular weight excluding hydrogens is 484 g/mol. The average molecular weight is 515 g/mol. The van der Waals surface area contributed by atoms with Crippen LogP contribution < -0.4 is 10.6 Å². The molecule has 1 atom stereocenters. The highest BCUT2D eigenvalue weighted by Crippen LogP contribution is 2.19. The number of hydrogen-bond acceptors (Lipinski definition) is 4. The highest BCUT2D eigenvalue weighted by atomic mass is 127. The molecule has 0 saturated carbocycles. The van der Waals surface area contributed by atoms with Crippen LogP contribution in [0.25, 0.3) is 11.5 Å². The fourth-order valence-electron chi connectivity index (χ4n) is 3.51. The summed E-state index contributed by atoms with van der Waals surface area (Å²) in [4.78, 5) is 11.7. The Bertz CT molecular complexity index is 765. The van der Waals surface area contributed by atoms with Gasteiger partial charge in [-0.05, 0) is 57.1 Å². The minimum atomic E-state index is -0.269. The van der Waals surface area contributed by atoms with E-state index in [2.05, 4.69) is 34.4 Å². The Morgan fingerprint density at radius 1 is 1.28 bits per heavy atom. The van der Waals surface area contributed by atoms with E-state index >= 15 is 0 Å². The Morgan fingerprint density at radius 3 is 2.79 bits per heavy atom. The highest BCUT2D eigenvalue weighted by molar-refractivity contribution is 14.0. The van der Waals surface area contributed by atoms with E-state index in [0.29, 0.717) is 18.5 Å². The molecule has 1 aromatic heterocycles. The number of aromatic nitrogens is 1. The topological polar surface area (TPSA) is 65.7 Å². The summed E-state index contributed by atoms with van der Waals surface area (Å²) >= 11 is 0. The zero-order valence-electron chi connectivity index (χ0n) is 17.2. The molecule has 3 rings (SSSR count). The van der Waals surface area contributed by atoms with E-state index < -0.39 is 0 Å². The van der Waals surface area contributed by atoms with Crippen LogP contribution in [-0.4, -0.2) is 54.6 Å². The Morgan fingerprint density at radius 2 is 2.07 bits per heavy atom. The molecule has 2 aromatic rings. The fourth-order valence-corrected chi connectivity index (χ4v) is 3.51. The number of oxazole rings is 1. The van der Waals surface area contributed by atoms with Crippen LogP contribution >= 0.6 is 24.0 Å². The van der Waals surface area contributed by atoms with Gasteiger partial charge in [-0.3, -0.25) is 9.89 Å². The minimum absolute atomic E-state index is 0. The van der Waals surface area contributed by atoms with Crippen LogP contribution in [-0.2, 0) is 6.42 Å². The van der Waals surface area contributed by atoms with Crippen LogP contribution in [0.15, 0.2) is 39.9 Å². The number of guanidine groups is 1. The number of likely N-dealkylation sites (N-methyl/N-ethyl adjacent to an activating group) is 1. The summed E-state index contributed by atoms with van der Waals surface area (Å²) in [7, 11) is 0. The molecule has 6 nitrogen and oxygen atoms in total. The van der Waals surface area contributed by atoms with Gasteiger partial charge in [-0.1, -0.05) is 6.92 Å². The van der Waals surface area contributed by atoms with Crippen molar-refractivity contribution in [3.05, 3.63) is 42.0 Å². The lowest BCUT2D eigenvalue weighted by Gasteiger charge is -2.21. The van der Waals surface area contributed by atoms with Crippen LogP contribution in [0.1, 0.15) is 32.4 Å². The van der Waals surface area contributed by atoms with Gasteiger partial charge in [-0.15, -0.1) is 24.0 Å². The smallest absolute Gasteiger partial charge is 0.226 e. The fraction of sp³-hybridized carbons (Fsp3) is 0.524. The number of aliphatic imine (C=N–C) groups is 1. The quantitative estimate of drug-likeness (QED) is 0.319. The Kier molecular flexibility index (Phi) is 9.86. The van der Waals surface area contributed by atoms with E-state index in [1.165, 1.54) is 31.5 Å². The maximum Gasteiger partial charge on any atom is 0.226 e. The number of hydrogen-bond donors (Lipinski definition) is 2. The average Bonchev–Trinajstić information content (AvgIpc) is 3.36. The molecule has 2 N–H and O–H groups in total. The number of nitrogens with one attached hydrogen (secondary N) is 2. The second-order valence-electron chi connectivity index (χ2n) is 6.97. The summed E-state index contributed by atoms with van der Waals surface area (Å²) in [5.74, 6) is 1.08. The summed E-state index contributed by atoms with van der Waals surface area (Å²) in [6, 6.07) is 6.70. The molecule has 8 heteroatoms. The Labute approximate surface area is 189 Å². The second kappa shape index (κ2) is 12.1. The van der Waals surface area contributed by atoms with Gasteiger partial charge < -0.3 is 15.1 Å². The van der Waals surface area contributed by atoms with Crippen molar-refractivity contribution in [1.82, 2.24) is 20.5 Å². The summed E-state index contributed by atoms with van der Waals surface area (Å²) in [6.45, 7) is 8.91. The van der Waals surface area contributed by atoms with Crippen LogP contribution in [0.3, 0.4) is 0 Å². The van der Waals surface area contributed by atoms with Gasteiger partial charge in [0, 0.05) is 31.1 Å². The van der Waals surface area contributed by atoms with Gasteiger partial charge in [0.15, 0.2) is 5.96 Å². The van der Waals surface area contributed by atoms with Crippen molar-refractivity contribution < 1.29 is 8.81 Å². The molecule has 160 valence electrons. The second-order valence-corrected chi connectivity index (χ2v) is 6.97. The monoisotopic (exact) mass is 515 g/mol. The first-order chi connectivity index (χ1) is 13.7. The zero-order valence-corrected chi connectivity index (χ0v) is 19.5. The Hall–Kier alpha value is -1.68. The third kappa shape index (κ3) is 6.95. The van der Waals surface area contributed by atoms with Gasteiger partial charge in [-0.2, -0.15) is 0 Å². The summed E-state index contributed by atoms with van der Waals surface area (Å²) in [5, 5.41) is 6.67. The van der Waals surface area contributed by atoms with E-state index in [9.17, 15) is 4.39 Å². The lowest BCUT2D eigenvalue weighted by Crippen LogP contribution is -2.40. The summed E-state index contributed by atoms with van der Waals surface area (Å²) < 4.78 is 18.6. The number of benzene rings is 1. The molecule has 1 fully saturated rings. The van der Waals surface area contributed by atoms with Crippen molar-refractivity contribution in [2.75, 3.05) is 32.7 Å². The van der Waals surface area contributed by atoms with Gasteiger partial charge in [0.1, 0.15) is 12.1 Å². The standard InChI is InChI=1S/C21H30FN5O.HI/c1-3-23-21(25-14-19-6-5-13-27(19)4-2)24-12-11-18-15-28-20(26-18)16-7-9-17(22)10-8-16;/h7-10,15,19H,3-6,11-14H2,1-2H3,(H2,23,24,25);1H. The molecule has 1 aromatic carbocycles. The third-order valence-electron chi connectivity index (χ3n) is 5.03. The van der Waals surface area contributed by atoms with Crippen LogP contribution in [0, 0.1) is 5.82 Å². The number of nitrogens with zero attached hydrogens (tertiary/aromatic N) is 3. The largest absolute Gasteiger partial charge is 0.444 e. The van der Waals surface area contributed by atoms with Crippen LogP contribution in [0.4, 0.5) is 4.39 Å². The van der Waals surface area contributed by atoms with E-state index in [0.717, 1.165) is 43.3 Å². The number of likely N-dealkylation sites (tertiary alicyclic amines) is 1. The first-order valence-corrected chi connectivity index (χ1v) is 10.2. The van der Waals surface area contributed by atoms with Crippen molar-refractivity contribution in [2.45, 2.75) is 39.2 Å². The SMILES string of the molecule is CCNC(=NCC1CCCN1CC)NCCc1coc(-c2ccc(F)cc2)n1.I. The van der Waals surface area contributed by atoms with E-state index in [1.54, 1.807) is 18.4 Å². The summed E-state index contributed by atoms with van der Waals surface area (Å²) in [6.07, 6.45) is 4.87. The molecule has 0 radical (unpaired) electrons. The number of rotatable bonds is 8. The van der Waals surface area contributed by atoms with Crippen LogP contribution in [0.2, 0.25) is 0 Å². The van der Waals surface area contributed by atoms with Gasteiger partial charge in [0.25, 0.3) is 0 Å². The molecule has 29 heavy (non-hydrogen) atoms. The van der Waals surface area contributed by atoms with Crippen molar-refractivity contribution >= 4 is 29.9 Å². The molecule has 1 aliphatic rings.